The molecule has 0 spiro atoms. The number of rotatable bonds is 6. The van der Waals surface area contributed by atoms with E-state index in [-0.39, 0.29) is 5.69 Å². The number of anilines is 1. The van der Waals surface area contributed by atoms with E-state index in [4.69, 9.17) is 5.11 Å². The average Bonchev–Trinajstić information content (AvgIpc) is 2.45. The topological polar surface area (TPSA) is 90.4 Å². The third-order valence-electron chi connectivity index (χ3n) is 3.05. The van der Waals surface area contributed by atoms with Crippen LogP contribution in [0.2, 0.25) is 0 Å². The Hall–Kier alpha value is -1.73. The SMILES string of the molecule is O=C(O)c1ccc(NCCCN2CCNCC2)nn1. The van der Waals surface area contributed by atoms with E-state index >= 15 is 0 Å². The Morgan fingerprint density at radius 2 is 2.16 bits per heavy atom. The molecule has 0 radical (unpaired) electrons. The quantitative estimate of drug-likeness (QED) is 0.618. The summed E-state index contributed by atoms with van der Waals surface area (Å²) in [4.78, 5) is 13.0. The molecule has 19 heavy (non-hydrogen) atoms. The second-order valence-corrected chi connectivity index (χ2v) is 4.48. The first-order valence-corrected chi connectivity index (χ1v) is 6.49. The van der Waals surface area contributed by atoms with Gasteiger partial charge in [-0.2, -0.15) is 0 Å². The van der Waals surface area contributed by atoms with Crippen LogP contribution in [0.4, 0.5) is 5.82 Å². The second kappa shape index (κ2) is 7.01. The number of hydrogen-bond donors (Lipinski definition) is 3. The van der Waals surface area contributed by atoms with Gasteiger partial charge in [-0.05, 0) is 25.1 Å². The lowest BCUT2D eigenvalue weighted by Crippen LogP contribution is -2.44. The van der Waals surface area contributed by atoms with Crippen molar-refractivity contribution >= 4 is 11.8 Å². The summed E-state index contributed by atoms with van der Waals surface area (Å²) in [6.07, 6.45) is 1.03. The molecule has 1 fully saturated rings. The molecule has 104 valence electrons. The Morgan fingerprint density at radius 3 is 2.79 bits per heavy atom. The summed E-state index contributed by atoms with van der Waals surface area (Å²) in [5.41, 5.74) is -0.0358. The molecule has 0 atom stereocenters. The predicted octanol–water partition coefficient (Wildman–Crippen LogP) is -0.118. The summed E-state index contributed by atoms with van der Waals surface area (Å²) in [6.45, 7) is 6.21. The third kappa shape index (κ3) is 4.46. The second-order valence-electron chi connectivity index (χ2n) is 4.48. The van der Waals surface area contributed by atoms with Crippen LogP contribution in [-0.2, 0) is 0 Å². The maximum Gasteiger partial charge on any atom is 0.356 e. The van der Waals surface area contributed by atoms with Gasteiger partial charge in [0.25, 0.3) is 0 Å². The fourth-order valence-electron chi connectivity index (χ4n) is 1.99. The lowest BCUT2D eigenvalue weighted by atomic mass is 10.3. The molecule has 2 heterocycles. The summed E-state index contributed by atoms with van der Waals surface area (Å²) in [5.74, 6) is -0.442. The molecule has 0 aromatic carbocycles. The standard InChI is InChI=1S/C12H19N5O2/c18-12(19)10-2-3-11(16-15-10)14-4-1-7-17-8-5-13-6-9-17/h2-3,13H,1,4-9H2,(H,14,16)(H,18,19). The molecular formula is C12H19N5O2. The number of carboxylic acid groups (broad SMARTS) is 1. The zero-order valence-electron chi connectivity index (χ0n) is 10.8. The number of nitrogens with zero attached hydrogens (tertiary/aromatic N) is 3. The van der Waals surface area contributed by atoms with Gasteiger partial charge in [0.2, 0.25) is 0 Å². The van der Waals surface area contributed by atoms with Gasteiger partial charge in [-0.15, -0.1) is 10.2 Å². The van der Waals surface area contributed by atoms with Gasteiger partial charge in [0.15, 0.2) is 5.69 Å². The minimum atomic E-state index is -1.06. The molecule has 1 aromatic heterocycles. The normalized spacial score (nSPS) is 16.2. The van der Waals surface area contributed by atoms with Crippen LogP contribution in [0.1, 0.15) is 16.9 Å². The first-order chi connectivity index (χ1) is 9.25. The van der Waals surface area contributed by atoms with Gasteiger partial charge >= 0.3 is 5.97 Å². The van der Waals surface area contributed by atoms with Gasteiger partial charge in [-0.1, -0.05) is 0 Å². The molecule has 0 unspecified atom stereocenters. The van der Waals surface area contributed by atoms with Crippen molar-refractivity contribution in [2.75, 3.05) is 44.6 Å². The minimum absolute atomic E-state index is 0.0358. The number of piperazine rings is 1. The average molecular weight is 265 g/mol. The first kappa shape index (κ1) is 13.7. The van der Waals surface area contributed by atoms with E-state index in [0.717, 1.165) is 45.7 Å². The van der Waals surface area contributed by atoms with Crippen LogP contribution in [0, 0.1) is 0 Å². The van der Waals surface area contributed by atoms with Gasteiger partial charge < -0.3 is 20.6 Å². The molecule has 1 aromatic rings. The van der Waals surface area contributed by atoms with Crippen LogP contribution in [0.3, 0.4) is 0 Å². The largest absolute Gasteiger partial charge is 0.476 e. The highest BCUT2D eigenvalue weighted by Gasteiger charge is 2.08. The predicted molar refractivity (Wildman–Crippen MR) is 71.4 cm³/mol. The van der Waals surface area contributed by atoms with Gasteiger partial charge in [0.05, 0.1) is 0 Å². The van der Waals surface area contributed by atoms with E-state index in [1.807, 2.05) is 0 Å². The van der Waals surface area contributed by atoms with Crippen molar-refractivity contribution in [1.82, 2.24) is 20.4 Å². The number of carbonyl (C=O) groups is 1. The Morgan fingerprint density at radius 1 is 1.37 bits per heavy atom. The maximum absolute atomic E-state index is 10.6. The van der Waals surface area contributed by atoms with Crippen molar-refractivity contribution in [1.29, 1.82) is 0 Å². The van der Waals surface area contributed by atoms with Crippen molar-refractivity contribution in [2.24, 2.45) is 0 Å². The van der Waals surface area contributed by atoms with Crippen molar-refractivity contribution in [3.05, 3.63) is 17.8 Å². The maximum atomic E-state index is 10.6. The molecule has 0 amide bonds. The summed E-state index contributed by atoms with van der Waals surface area (Å²) < 4.78 is 0. The lowest BCUT2D eigenvalue weighted by Gasteiger charge is -2.27. The van der Waals surface area contributed by atoms with Crippen LogP contribution in [0.25, 0.3) is 0 Å². The van der Waals surface area contributed by atoms with Crippen molar-refractivity contribution in [3.8, 4) is 0 Å². The molecule has 7 heteroatoms. The van der Waals surface area contributed by atoms with Crippen LogP contribution < -0.4 is 10.6 Å². The van der Waals surface area contributed by atoms with Crippen molar-refractivity contribution < 1.29 is 9.90 Å². The molecule has 1 aliphatic heterocycles. The molecule has 7 nitrogen and oxygen atoms in total. The Labute approximate surface area is 112 Å². The molecular weight excluding hydrogens is 246 g/mol. The van der Waals surface area contributed by atoms with E-state index in [9.17, 15) is 4.79 Å². The van der Waals surface area contributed by atoms with Crippen molar-refractivity contribution in [3.63, 3.8) is 0 Å². The Kier molecular flexibility index (Phi) is 5.05. The number of nitrogens with one attached hydrogen (secondary N) is 2. The zero-order chi connectivity index (χ0) is 13.5. The van der Waals surface area contributed by atoms with E-state index in [0.29, 0.717) is 5.82 Å². The fourth-order valence-corrected chi connectivity index (χ4v) is 1.99. The molecule has 2 rings (SSSR count). The number of aromatic nitrogens is 2. The van der Waals surface area contributed by atoms with Gasteiger partial charge in [0, 0.05) is 32.7 Å². The number of aromatic carboxylic acids is 1. The number of hydrogen-bond acceptors (Lipinski definition) is 6. The number of carboxylic acids is 1. The minimum Gasteiger partial charge on any atom is -0.476 e. The van der Waals surface area contributed by atoms with Crippen LogP contribution in [-0.4, -0.2) is 65.4 Å². The van der Waals surface area contributed by atoms with Crippen LogP contribution in [0.5, 0.6) is 0 Å². The lowest BCUT2D eigenvalue weighted by molar-refractivity contribution is 0.0689. The monoisotopic (exact) mass is 265 g/mol. The van der Waals surface area contributed by atoms with Gasteiger partial charge in [-0.3, -0.25) is 0 Å². The molecule has 1 saturated heterocycles. The summed E-state index contributed by atoms with van der Waals surface area (Å²) in [6, 6.07) is 3.09. The van der Waals surface area contributed by atoms with Crippen LogP contribution in [0.15, 0.2) is 12.1 Å². The highest BCUT2D eigenvalue weighted by atomic mass is 16.4. The van der Waals surface area contributed by atoms with E-state index in [1.54, 1.807) is 6.07 Å². The van der Waals surface area contributed by atoms with E-state index < -0.39 is 5.97 Å². The third-order valence-corrected chi connectivity index (χ3v) is 3.05. The Bertz CT molecular complexity index is 403. The van der Waals surface area contributed by atoms with E-state index in [1.165, 1.54) is 6.07 Å². The molecule has 0 saturated carbocycles. The van der Waals surface area contributed by atoms with Gasteiger partial charge in [-0.25, -0.2) is 4.79 Å². The van der Waals surface area contributed by atoms with Crippen LogP contribution >= 0.6 is 0 Å². The summed E-state index contributed by atoms with van der Waals surface area (Å²) in [7, 11) is 0. The van der Waals surface area contributed by atoms with Gasteiger partial charge in [0.1, 0.15) is 5.82 Å². The van der Waals surface area contributed by atoms with E-state index in [2.05, 4.69) is 25.7 Å². The Balaban J connectivity index is 1.66. The first-order valence-electron chi connectivity index (χ1n) is 6.49. The zero-order valence-corrected chi connectivity index (χ0v) is 10.8. The molecule has 1 aliphatic rings. The van der Waals surface area contributed by atoms with Crippen molar-refractivity contribution in [2.45, 2.75) is 6.42 Å². The summed E-state index contributed by atoms with van der Waals surface area (Å²) >= 11 is 0. The highest BCUT2D eigenvalue weighted by Crippen LogP contribution is 2.02. The molecule has 0 aliphatic carbocycles. The smallest absolute Gasteiger partial charge is 0.356 e. The highest BCUT2D eigenvalue weighted by molar-refractivity contribution is 5.85. The summed E-state index contributed by atoms with van der Waals surface area (Å²) in [5, 5.41) is 22.6. The molecule has 3 N–H and O–H groups in total. The fraction of sp³-hybridized carbons (Fsp3) is 0.583. The molecule has 0 bridgehead atoms.